The molecule has 19 heavy (non-hydrogen) atoms. The first-order chi connectivity index (χ1) is 9.02. The van der Waals surface area contributed by atoms with E-state index in [0.29, 0.717) is 18.3 Å². The molecule has 0 saturated heterocycles. The van der Waals surface area contributed by atoms with Crippen molar-refractivity contribution >= 4 is 17.7 Å². The van der Waals surface area contributed by atoms with Crippen molar-refractivity contribution in [2.24, 2.45) is 0 Å². The maximum Gasteiger partial charge on any atom is 0.339 e. The van der Waals surface area contributed by atoms with Crippen LogP contribution in [0.1, 0.15) is 30.1 Å². The van der Waals surface area contributed by atoms with Crippen LogP contribution in [-0.4, -0.2) is 39.7 Å². The standard InChI is InChI=1S/C13H16N2O4/c1-2-15(9-4-5-9)13(19)14-8-3-6-10(12(17)18)11(16)7-8/h3,6-7,9,16H,2,4-5H2,1H3,(H,14,19)(H,17,18). The number of nitrogens with zero attached hydrogens (tertiary/aromatic N) is 1. The summed E-state index contributed by atoms with van der Waals surface area (Å²) >= 11 is 0. The van der Waals surface area contributed by atoms with Gasteiger partial charge in [-0.15, -0.1) is 0 Å². The predicted molar refractivity (Wildman–Crippen MR) is 69.5 cm³/mol. The predicted octanol–water partition coefficient (Wildman–Crippen LogP) is 2.11. The minimum Gasteiger partial charge on any atom is -0.507 e. The molecule has 2 amide bonds. The van der Waals surface area contributed by atoms with Gasteiger partial charge in [0.25, 0.3) is 0 Å². The highest BCUT2D eigenvalue weighted by atomic mass is 16.4. The van der Waals surface area contributed by atoms with E-state index in [9.17, 15) is 14.7 Å². The molecule has 0 spiro atoms. The summed E-state index contributed by atoms with van der Waals surface area (Å²) in [4.78, 5) is 24.4. The second kappa shape index (κ2) is 5.17. The molecule has 3 N–H and O–H groups in total. The fourth-order valence-electron chi connectivity index (χ4n) is 1.94. The minimum atomic E-state index is -1.21. The number of urea groups is 1. The van der Waals surface area contributed by atoms with Crippen molar-refractivity contribution in [3.63, 3.8) is 0 Å². The molecule has 2 rings (SSSR count). The van der Waals surface area contributed by atoms with Crippen molar-refractivity contribution in [2.75, 3.05) is 11.9 Å². The minimum absolute atomic E-state index is 0.187. The van der Waals surface area contributed by atoms with Crippen molar-refractivity contribution in [1.29, 1.82) is 0 Å². The number of aromatic hydroxyl groups is 1. The van der Waals surface area contributed by atoms with Gasteiger partial charge in [0.15, 0.2) is 0 Å². The molecular weight excluding hydrogens is 248 g/mol. The van der Waals surface area contributed by atoms with Crippen LogP contribution in [-0.2, 0) is 0 Å². The molecule has 1 aliphatic rings. The number of phenols is 1. The summed E-state index contributed by atoms with van der Waals surface area (Å²) < 4.78 is 0. The second-order valence-corrected chi connectivity index (χ2v) is 4.48. The zero-order chi connectivity index (χ0) is 14.0. The van der Waals surface area contributed by atoms with Gasteiger partial charge in [-0.05, 0) is 31.9 Å². The number of rotatable bonds is 4. The Morgan fingerprint density at radius 3 is 2.58 bits per heavy atom. The summed E-state index contributed by atoms with van der Waals surface area (Å²) in [6.45, 7) is 2.53. The molecule has 0 atom stereocenters. The monoisotopic (exact) mass is 264 g/mol. The molecule has 0 bridgehead atoms. The lowest BCUT2D eigenvalue weighted by atomic mass is 10.2. The topological polar surface area (TPSA) is 89.9 Å². The van der Waals surface area contributed by atoms with Crippen LogP contribution in [0, 0.1) is 0 Å². The summed E-state index contributed by atoms with van der Waals surface area (Å²) in [7, 11) is 0. The van der Waals surface area contributed by atoms with Crippen molar-refractivity contribution in [1.82, 2.24) is 4.90 Å². The number of aromatic carboxylic acids is 1. The maximum atomic E-state index is 12.0. The van der Waals surface area contributed by atoms with Gasteiger partial charge in [-0.25, -0.2) is 9.59 Å². The summed E-state index contributed by atoms with van der Waals surface area (Å²) in [6, 6.07) is 4.04. The Kier molecular flexibility index (Phi) is 3.59. The average molecular weight is 264 g/mol. The van der Waals surface area contributed by atoms with E-state index in [2.05, 4.69) is 5.32 Å². The molecule has 1 aromatic rings. The van der Waals surface area contributed by atoms with Crippen LogP contribution < -0.4 is 5.32 Å². The smallest absolute Gasteiger partial charge is 0.339 e. The molecule has 0 radical (unpaired) electrons. The van der Waals surface area contributed by atoms with Crippen LogP contribution in [0.25, 0.3) is 0 Å². The van der Waals surface area contributed by atoms with E-state index in [1.54, 1.807) is 4.90 Å². The fourth-order valence-corrected chi connectivity index (χ4v) is 1.94. The third kappa shape index (κ3) is 2.96. The molecule has 1 aliphatic carbocycles. The first-order valence-corrected chi connectivity index (χ1v) is 6.17. The lowest BCUT2D eigenvalue weighted by Gasteiger charge is -2.20. The van der Waals surface area contributed by atoms with E-state index in [1.807, 2.05) is 6.92 Å². The van der Waals surface area contributed by atoms with Crippen LogP contribution >= 0.6 is 0 Å². The number of benzene rings is 1. The second-order valence-electron chi connectivity index (χ2n) is 4.48. The van der Waals surface area contributed by atoms with E-state index < -0.39 is 5.97 Å². The van der Waals surface area contributed by atoms with Crippen molar-refractivity contribution in [3.8, 4) is 5.75 Å². The molecule has 1 fully saturated rings. The number of carbonyl (C=O) groups is 2. The van der Waals surface area contributed by atoms with E-state index >= 15 is 0 Å². The number of nitrogens with one attached hydrogen (secondary N) is 1. The van der Waals surface area contributed by atoms with Crippen LogP contribution in [0.15, 0.2) is 18.2 Å². The molecule has 1 aromatic carbocycles. The summed E-state index contributed by atoms with van der Waals surface area (Å²) in [5.74, 6) is -1.57. The van der Waals surface area contributed by atoms with E-state index in [0.717, 1.165) is 12.8 Å². The van der Waals surface area contributed by atoms with Crippen molar-refractivity contribution < 1.29 is 19.8 Å². The SMILES string of the molecule is CCN(C(=O)Nc1ccc(C(=O)O)c(O)c1)C1CC1. The Hall–Kier alpha value is -2.24. The van der Waals surface area contributed by atoms with Gasteiger partial charge in [-0.3, -0.25) is 0 Å². The maximum absolute atomic E-state index is 12.0. The van der Waals surface area contributed by atoms with Gasteiger partial charge >= 0.3 is 12.0 Å². The molecule has 6 nitrogen and oxygen atoms in total. The lowest BCUT2D eigenvalue weighted by Crippen LogP contribution is -2.36. The molecular formula is C13H16N2O4. The zero-order valence-electron chi connectivity index (χ0n) is 10.6. The van der Waals surface area contributed by atoms with Gasteiger partial charge in [0.05, 0.1) is 0 Å². The Bertz CT molecular complexity index is 511. The van der Waals surface area contributed by atoms with Gasteiger partial charge in [0.1, 0.15) is 11.3 Å². The summed E-state index contributed by atoms with van der Waals surface area (Å²) in [5.41, 5.74) is 0.194. The van der Waals surface area contributed by atoms with Gasteiger partial charge < -0.3 is 20.4 Å². The summed E-state index contributed by atoms with van der Waals surface area (Å²) in [6.07, 6.45) is 2.04. The Balaban J connectivity index is 2.08. The first kappa shape index (κ1) is 13.2. The van der Waals surface area contributed by atoms with Crippen LogP contribution in [0.3, 0.4) is 0 Å². The number of hydrogen-bond acceptors (Lipinski definition) is 3. The highest BCUT2D eigenvalue weighted by molar-refractivity contribution is 5.94. The Morgan fingerprint density at radius 1 is 1.42 bits per heavy atom. The molecule has 102 valence electrons. The molecule has 0 aliphatic heterocycles. The Labute approximate surface area is 110 Å². The van der Waals surface area contributed by atoms with Crippen molar-refractivity contribution in [3.05, 3.63) is 23.8 Å². The number of hydrogen-bond donors (Lipinski definition) is 3. The highest BCUT2D eigenvalue weighted by Crippen LogP contribution is 2.28. The van der Waals surface area contributed by atoms with Crippen LogP contribution in [0.5, 0.6) is 5.75 Å². The van der Waals surface area contributed by atoms with Crippen LogP contribution in [0.4, 0.5) is 10.5 Å². The normalized spacial score (nSPS) is 13.9. The van der Waals surface area contributed by atoms with Gasteiger partial charge in [0, 0.05) is 24.3 Å². The van der Waals surface area contributed by atoms with Crippen molar-refractivity contribution in [2.45, 2.75) is 25.8 Å². The first-order valence-electron chi connectivity index (χ1n) is 6.17. The molecule has 1 saturated carbocycles. The number of carboxylic acids is 1. The van der Waals surface area contributed by atoms with E-state index in [-0.39, 0.29) is 17.3 Å². The molecule has 0 heterocycles. The largest absolute Gasteiger partial charge is 0.507 e. The lowest BCUT2D eigenvalue weighted by molar-refractivity contribution is 0.0694. The molecule has 6 heteroatoms. The number of amides is 2. The zero-order valence-corrected chi connectivity index (χ0v) is 10.6. The number of anilines is 1. The number of carboxylic acid groups (broad SMARTS) is 1. The third-order valence-electron chi connectivity index (χ3n) is 3.07. The number of carbonyl (C=O) groups excluding carboxylic acids is 1. The molecule has 0 aromatic heterocycles. The average Bonchev–Trinajstić information content (AvgIpc) is 3.14. The van der Waals surface area contributed by atoms with E-state index in [1.165, 1.54) is 18.2 Å². The van der Waals surface area contributed by atoms with Gasteiger partial charge in [0.2, 0.25) is 0 Å². The fraction of sp³-hybridized carbons (Fsp3) is 0.385. The van der Waals surface area contributed by atoms with Gasteiger partial charge in [-0.2, -0.15) is 0 Å². The highest BCUT2D eigenvalue weighted by Gasteiger charge is 2.31. The molecule has 0 unspecified atom stereocenters. The Morgan fingerprint density at radius 2 is 2.11 bits per heavy atom. The van der Waals surface area contributed by atoms with Crippen LogP contribution in [0.2, 0.25) is 0 Å². The third-order valence-corrected chi connectivity index (χ3v) is 3.07. The summed E-state index contributed by atoms with van der Waals surface area (Å²) in [5, 5.41) is 21.0. The van der Waals surface area contributed by atoms with Gasteiger partial charge in [-0.1, -0.05) is 0 Å². The van der Waals surface area contributed by atoms with E-state index in [4.69, 9.17) is 5.11 Å². The quantitative estimate of drug-likeness (QED) is 0.776.